The molecule has 3 N–H and O–H groups in total. The number of unbranched alkanes of at least 4 members (excludes halogenated alkanes) is 6. The van der Waals surface area contributed by atoms with Gasteiger partial charge in [0.05, 0.1) is 12.9 Å². The SMILES string of the molecule is CCCCCCCCCC(=O)OCC(CO)OCn1cnc2c(N)ncnc21. The van der Waals surface area contributed by atoms with Crippen LogP contribution in [0.2, 0.25) is 0 Å². The molecule has 0 aliphatic rings. The fraction of sp³-hybridized carbons (Fsp3) is 0.684. The lowest BCUT2D eigenvalue weighted by Gasteiger charge is -2.16. The Kier molecular flexibility index (Phi) is 9.64. The number of carbonyl (C=O) groups is 1. The fourth-order valence-corrected chi connectivity index (χ4v) is 2.82. The summed E-state index contributed by atoms with van der Waals surface area (Å²) in [7, 11) is 0. The van der Waals surface area contributed by atoms with Crippen molar-refractivity contribution in [2.45, 2.75) is 71.1 Å². The van der Waals surface area contributed by atoms with Crippen molar-refractivity contribution in [2.75, 3.05) is 18.9 Å². The molecule has 2 heterocycles. The van der Waals surface area contributed by atoms with E-state index in [2.05, 4.69) is 21.9 Å². The molecule has 28 heavy (non-hydrogen) atoms. The van der Waals surface area contributed by atoms with Gasteiger partial charge in [0.25, 0.3) is 0 Å². The lowest BCUT2D eigenvalue weighted by molar-refractivity contribution is -0.150. The van der Waals surface area contributed by atoms with Gasteiger partial charge < -0.3 is 20.3 Å². The second-order valence-electron chi connectivity index (χ2n) is 6.80. The highest BCUT2D eigenvalue weighted by Gasteiger charge is 2.14. The predicted molar refractivity (Wildman–Crippen MR) is 105 cm³/mol. The number of ether oxygens (including phenoxy) is 2. The summed E-state index contributed by atoms with van der Waals surface area (Å²) in [6.07, 6.45) is 10.7. The number of hydrogen-bond acceptors (Lipinski definition) is 8. The lowest BCUT2D eigenvalue weighted by Crippen LogP contribution is -2.26. The van der Waals surface area contributed by atoms with Gasteiger partial charge in [-0.25, -0.2) is 15.0 Å². The first-order chi connectivity index (χ1) is 13.7. The molecule has 9 nitrogen and oxygen atoms in total. The van der Waals surface area contributed by atoms with Gasteiger partial charge in [-0.1, -0.05) is 45.4 Å². The Labute approximate surface area is 165 Å². The molecule has 0 fully saturated rings. The second kappa shape index (κ2) is 12.2. The number of nitrogen functional groups attached to an aromatic ring is 1. The van der Waals surface area contributed by atoms with Crippen molar-refractivity contribution < 1.29 is 19.4 Å². The van der Waals surface area contributed by atoms with Gasteiger partial charge in [-0.15, -0.1) is 0 Å². The highest BCUT2D eigenvalue weighted by atomic mass is 16.6. The number of aliphatic hydroxyl groups is 1. The number of anilines is 1. The van der Waals surface area contributed by atoms with Crippen molar-refractivity contribution in [1.29, 1.82) is 0 Å². The van der Waals surface area contributed by atoms with Crippen molar-refractivity contribution in [3.63, 3.8) is 0 Å². The molecular weight excluding hydrogens is 362 g/mol. The van der Waals surface area contributed by atoms with Crippen LogP contribution in [0.1, 0.15) is 58.3 Å². The van der Waals surface area contributed by atoms with E-state index < -0.39 is 6.10 Å². The van der Waals surface area contributed by atoms with E-state index >= 15 is 0 Å². The summed E-state index contributed by atoms with van der Waals surface area (Å²) in [5, 5.41) is 9.46. The van der Waals surface area contributed by atoms with Crippen molar-refractivity contribution >= 4 is 23.0 Å². The van der Waals surface area contributed by atoms with Crippen LogP contribution in [0.15, 0.2) is 12.7 Å². The van der Waals surface area contributed by atoms with Gasteiger partial charge >= 0.3 is 5.97 Å². The number of nitrogens with two attached hydrogens (primary N) is 1. The molecule has 9 heteroatoms. The molecular formula is C19H31N5O4. The number of fused-ring (bicyclic) bond motifs is 1. The van der Waals surface area contributed by atoms with Crippen LogP contribution in [-0.2, 0) is 21.0 Å². The molecule has 0 saturated heterocycles. The van der Waals surface area contributed by atoms with Crippen LogP contribution in [0.3, 0.4) is 0 Å². The van der Waals surface area contributed by atoms with E-state index in [1.807, 2.05) is 0 Å². The molecule has 2 aromatic rings. The molecule has 0 aliphatic carbocycles. The number of hydrogen-bond donors (Lipinski definition) is 2. The van der Waals surface area contributed by atoms with E-state index in [9.17, 15) is 9.90 Å². The highest BCUT2D eigenvalue weighted by molar-refractivity contribution is 5.80. The van der Waals surface area contributed by atoms with Crippen molar-refractivity contribution in [2.24, 2.45) is 0 Å². The maximum Gasteiger partial charge on any atom is 0.305 e. The Bertz CT molecular complexity index is 721. The van der Waals surface area contributed by atoms with Gasteiger partial charge in [-0.05, 0) is 6.42 Å². The predicted octanol–water partition coefficient (Wildman–Crippen LogP) is 2.43. The van der Waals surface area contributed by atoms with Crippen molar-refractivity contribution in [3.05, 3.63) is 12.7 Å². The zero-order valence-corrected chi connectivity index (χ0v) is 16.5. The number of carbonyl (C=O) groups excluding carboxylic acids is 1. The number of rotatable bonds is 14. The summed E-state index contributed by atoms with van der Waals surface area (Å²) in [5.74, 6) is 0.0333. The highest BCUT2D eigenvalue weighted by Crippen LogP contribution is 2.14. The molecule has 2 aromatic heterocycles. The molecule has 0 amide bonds. The van der Waals surface area contributed by atoms with Crippen LogP contribution >= 0.6 is 0 Å². The summed E-state index contributed by atoms with van der Waals surface area (Å²) >= 11 is 0. The maximum atomic E-state index is 11.8. The number of esters is 1. The van der Waals surface area contributed by atoms with Gasteiger partial charge in [-0.2, -0.15) is 0 Å². The van der Waals surface area contributed by atoms with E-state index in [0.29, 0.717) is 23.4 Å². The standard InChI is InChI=1S/C19H31N5O4/c1-2-3-4-5-6-7-8-9-16(26)27-11-15(10-25)28-14-24-13-23-17-18(20)21-12-22-19(17)24/h12-13,15,25H,2-11,14H2,1H3,(H2,20,21,22). The van der Waals surface area contributed by atoms with Crippen LogP contribution in [0.5, 0.6) is 0 Å². The molecule has 2 rings (SSSR count). The average molecular weight is 393 g/mol. The van der Waals surface area contributed by atoms with Crippen LogP contribution < -0.4 is 5.73 Å². The molecule has 0 aromatic carbocycles. The zero-order valence-electron chi connectivity index (χ0n) is 16.5. The third kappa shape index (κ3) is 7.05. The molecule has 0 saturated carbocycles. The number of aliphatic hydroxyl groups excluding tert-OH is 1. The fourth-order valence-electron chi connectivity index (χ4n) is 2.82. The lowest BCUT2D eigenvalue weighted by atomic mass is 10.1. The van der Waals surface area contributed by atoms with Crippen LogP contribution in [-0.4, -0.2) is 49.9 Å². The molecule has 1 unspecified atom stereocenters. The first-order valence-electron chi connectivity index (χ1n) is 9.95. The Hall–Kier alpha value is -2.26. The third-order valence-corrected chi connectivity index (χ3v) is 4.50. The Morgan fingerprint density at radius 3 is 2.68 bits per heavy atom. The zero-order chi connectivity index (χ0) is 20.2. The average Bonchev–Trinajstić information content (AvgIpc) is 3.12. The summed E-state index contributed by atoms with van der Waals surface area (Å²) in [5.41, 5.74) is 6.78. The van der Waals surface area contributed by atoms with Gasteiger partial charge in [-0.3, -0.25) is 9.36 Å². The minimum atomic E-state index is -0.616. The first-order valence-corrected chi connectivity index (χ1v) is 9.95. The summed E-state index contributed by atoms with van der Waals surface area (Å²) in [6, 6.07) is 0. The topological polar surface area (TPSA) is 125 Å². The summed E-state index contributed by atoms with van der Waals surface area (Å²) in [4.78, 5) is 24.0. The largest absolute Gasteiger partial charge is 0.463 e. The third-order valence-electron chi connectivity index (χ3n) is 4.50. The number of aromatic nitrogens is 4. The molecule has 1 atom stereocenters. The van der Waals surface area contributed by atoms with Crippen molar-refractivity contribution in [1.82, 2.24) is 19.5 Å². The minimum absolute atomic E-state index is 0.00951. The smallest absolute Gasteiger partial charge is 0.305 e. The Morgan fingerprint density at radius 2 is 1.93 bits per heavy atom. The quantitative estimate of drug-likeness (QED) is 0.370. The molecule has 0 aliphatic heterocycles. The van der Waals surface area contributed by atoms with Crippen LogP contribution in [0.4, 0.5) is 5.82 Å². The summed E-state index contributed by atoms with van der Waals surface area (Å²) in [6.45, 7) is 2.05. The minimum Gasteiger partial charge on any atom is -0.463 e. The summed E-state index contributed by atoms with van der Waals surface area (Å²) < 4.78 is 12.5. The Morgan fingerprint density at radius 1 is 1.18 bits per heavy atom. The maximum absolute atomic E-state index is 11.8. The van der Waals surface area contributed by atoms with E-state index in [1.165, 1.54) is 38.3 Å². The van der Waals surface area contributed by atoms with Crippen molar-refractivity contribution in [3.8, 4) is 0 Å². The van der Waals surface area contributed by atoms with E-state index in [1.54, 1.807) is 4.57 Å². The van der Waals surface area contributed by atoms with E-state index in [4.69, 9.17) is 15.2 Å². The second-order valence-corrected chi connectivity index (χ2v) is 6.80. The number of imidazole rings is 1. The molecule has 0 bridgehead atoms. The van der Waals surface area contributed by atoms with Crippen LogP contribution in [0, 0.1) is 0 Å². The van der Waals surface area contributed by atoms with E-state index in [-0.39, 0.29) is 25.9 Å². The van der Waals surface area contributed by atoms with Gasteiger partial charge in [0, 0.05) is 6.42 Å². The number of nitrogens with zero attached hydrogens (tertiary/aromatic N) is 4. The molecule has 0 spiro atoms. The normalized spacial score (nSPS) is 12.4. The first kappa shape index (κ1) is 22.0. The Balaban J connectivity index is 1.65. The van der Waals surface area contributed by atoms with Gasteiger partial charge in [0.15, 0.2) is 11.5 Å². The molecule has 156 valence electrons. The van der Waals surface area contributed by atoms with Crippen LogP contribution in [0.25, 0.3) is 11.2 Å². The van der Waals surface area contributed by atoms with Gasteiger partial charge in [0.1, 0.15) is 31.3 Å². The van der Waals surface area contributed by atoms with Gasteiger partial charge in [0.2, 0.25) is 0 Å². The van der Waals surface area contributed by atoms with E-state index in [0.717, 1.165) is 19.3 Å². The molecule has 0 radical (unpaired) electrons. The monoisotopic (exact) mass is 393 g/mol.